The Labute approximate surface area is 119 Å². The van der Waals surface area contributed by atoms with Gasteiger partial charge in [0.2, 0.25) is 0 Å². The average molecular weight is 266 g/mol. The average Bonchev–Trinajstić information content (AvgIpc) is 2.86. The van der Waals surface area contributed by atoms with Gasteiger partial charge in [0.05, 0.1) is 6.54 Å². The monoisotopic (exact) mass is 266 g/mol. The summed E-state index contributed by atoms with van der Waals surface area (Å²) in [6.07, 6.45) is 1.86. The van der Waals surface area contributed by atoms with Gasteiger partial charge in [0, 0.05) is 25.9 Å². The lowest BCUT2D eigenvalue weighted by atomic mass is 10.1. The summed E-state index contributed by atoms with van der Waals surface area (Å²) in [7, 11) is 3.62. The number of carbonyl (C=O) groups is 1. The van der Waals surface area contributed by atoms with Gasteiger partial charge in [-0.2, -0.15) is 0 Å². The Morgan fingerprint density at radius 1 is 1.25 bits per heavy atom. The van der Waals surface area contributed by atoms with Gasteiger partial charge in [-0.1, -0.05) is 29.5 Å². The first-order valence-electron chi connectivity index (χ1n) is 6.50. The molecule has 0 saturated heterocycles. The fraction of sp³-hybridized carbons (Fsp3) is 0.235. The number of hydrogen-bond donors (Lipinski definition) is 0. The Balaban J connectivity index is 1.99. The molecule has 20 heavy (non-hydrogen) atoms. The number of aryl methyl sites for hydroxylation is 2. The van der Waals surface area contributed by atoms with Crippen LogP contribution in [-0.2, 0) is 7.05 Å². The molecule has 1 heterocycles. The summed E-state index contributed by atoms with van der Waals surface area (Å²) in [6, 6.07) is 11.7. The number of hydrogen-bond acceptors (Lipinski definition) is 1. The van der Waals surface area contributed by atoms with E-state index in [0.717, 1.165) is 5.56 Å². The van der Waals surface area contributed by atoms with E-state index in [-0.39, 0.29) is 5.91 Å². The van der Waals surface area contributed by atoms with Crippen LogP contribution in [0.15, 0.2) is 42.6 Å². The third-order valence-corrected chi connectivity index (χ3v) is 3.11. The highest BCUT2D eigenvalue weighted by Crippen LogP contribution is 2.04. The molecule has 0 aliphatic carbocycles. The predicted octanol–water partition coefficient (Wildman–Crippen LogP) is 2.46. The topological polar surface area (TPSA) is 25.2 Å². The van der Waals surface area contributed by atoms with Crippen molar-refractivity contribution in [3.63, 3.8) is 0 Å². The van der Waals surface area contributed by atoms with Gasteiger partial charge in [-0.3, -0.25) is 4.79 Å². The molecule has 0 atom stereocenters. The molecule has 0 radical (unpaired) electrons. The number of amides is 1. The van der Waals surface area contributed by atoms with E-state index in [1.807, 2.05) is 61.1 Å². The molecule has 0 spiro atoms. The van der Waals surface area contributed by atoms with Crippen LogP contribution >= 0.6 is 0 Å². The second-order valence-corrected chi connectivity index (χ2v) is 4.83. The van der Waals surface area contributed by atoms with Gasteiger partial charge >= 0.3 is 0 Å². The lowest BCUT2D eigenvalue weighted by Gasteiger charge is -2.14. The molecule has 0 bridgehead atoms. The number of nitrogens with zero attached hydrogens (tertiary/aromatic N) is 2. The first-order chi connectivity index (χ1) is 9.58. The largest absolute Gasteiger partial charge is 0.347 e. The molecule has 2 rings (SSSR count). The molecular weight excluding hydrogens is 248 g/mol. The third kappa shape index (κ3) is 3.30. The highest BCUT2D eigenvalue weighted by Gasteiger charge is 2.12. The van der Waals surface area contributed by atoms with Crippen LogP contribution in [0.2, 0.25) is 0 Å². The van der Waals surface area contributed by atoms with E-state index in [4.69, 9.17) is 0 Å². The van der Waals surface area contributed by atoms with Crippen molar-refractivity contribution in [2.24, 2.45) is 7.05 Å². The van der Waals surface area contributed by atoms with Crippen molar-refractivity contribution in [2.75, 3.05) is 13.6 Å². The molecule has 1 aromatic heterocycles. The summed E-state index contributed by atoms with van der Waals surface area (Å²) in [5.41, 5.74) is 2.85. The minimum atomic E-state index is -0.0179. The molecule has 0 aliphatic heterocycles. The van der Waals surface area contributed by atoms with Gasteiger partial charge in [-0.25, -0.2) is 0 Å². The molecule has 0 aliphatic rings. The number of benzene rings is 1. The minimum Gasteiger partial charge on any atom is -0.347 e. The van der Waals surface area contributed by atoms with Crippen LogP contribution in [0, 0.1) is 18.8 Å². The normalized spacial score (nSPS) is 9.75. The molecule has 0 N–H and O–H groups in total. The Hall–Kier alpha value is -2.47. The molecule has 0 fully saturated rings. The van der Waals surface area contributed by atoms with Crippen molar-refractivity contribution in [1.82, 2.24) is 9.47 Å². The Morgan fingerprint density at radius 2 is 1.95 bits per heavy atom. The molecule has 2 aromatic rings. The van der Waals surface area contributed by atoms with Crippen molar-refractivity contribution < 1.29 is 4.79 Å². The van der Waals surface area contributed by atoms with E-state index >= 15 is 0 Å². The zero-order valence-corrected chi connectivity index (χ0v) is 12.1. The highest BCUT2D eigenvalue weighted by molar-refractivity contribution is 5.92. The summed E-state index contributed by atoms with van der Waals surface area (Å²) in [5, 5.41) is 0. The standard InChI is InChI=1S/C17H18N2O/c1-14-8-10-15(11-9-14)6-4-13-19(3)17(20)16-7-5-12-18(16)2/h5,7-12H,13H2,1-3H3. The summed E-state index contributed by atoms with van der Waals surface area (Å²) in [6.45, 7) is 2.46. The maximum absolute atomic E-state index is 12.2. The Bertz CT molecular complexity index is 656. The SMILES string of the molecule is Cc1ccc(C#CCN(C)C(=O)c2cccn2C)cc1. The van der Waals surface area contributed by atoms with Gasteiger partial charge in [-0.05, 0) is 31.2 Å². The maximum Gasteiger partial charge on any atom is 0.270 e. The molecule has 102 valence electrons. The van der Waals surface area contributed by atoms with Gasteiger partial charge in [-0.15, -0.1) is 0 Å². The number of rotatable bonds is 2. The first-order valence-corrected chi connectivity index (χ1v) is 6.50. The van der Waals surface area contributed by atoms with Gasteiger partial charge in [0.15, 0.2) is 0 Å². The number of aromatic nitrogens is 1. The van der Waals surface area contributed by atoms with Crippen molar-refractivity contribution >= 4 is 5.91 Å². The minimum absolute atomic E-state index is 0.0179. The zero-order valence-electron chi connectivity index (χ0n) is 12.1. The van der Waals surface area contributed by atoms with E-state index in [0.29, 0.717) is 12.2 Å². The van der Waals surface area contributed by atoms with E-state index in [1.165, 1.54) is 5.56 Å². The molecule has 3 heteroatoms. The number of carbonyl (C=O) groups excluding carboxylic acids is 1. The van der Waals surface area contributed by atoms with Crippen LogP contribution in [0.25, 0.3) is 0 Å². The lowest BCUT2D eigenvalue weighted by molar-refractivity contribution is 0.0803. The maximum atomic E-state index is 12.2. The predicted molar refractivity (Wildman–Crippen MR) is 80.4 cm³/mol. The fourth-order valence-corrected chi connectivity index (χ4v) is 1.85. The first kappa shape index (κ1) is 14.0. The van der Waals surface area contributed by atoms with Crippen LogP contribution in [0.4, 0.5) is 0 Å². The fourth-order valence-electron chi connectivity index (χ4n) is 1.85. The summed E-state index contributed by atoms with van der Waals surface area (Å²) in [5.74, 6) is 6.08. The zero-order chi connectivity index (χ0) is 14.5. The summed E-state index contributed by atoms with van der Waals surface area (Å²) in [4.78, 5) is 13.8. The van der Waals surface area contributed by atoms with E-state index in [9.17, 15) is 4.79 Å². The molecule has 0 saturated carbocycles. The van der Waals surface area contributed by atoms with Gasteiger partial charge < -0.3 is 9.47 Å². The summed E-state index contributed by atoms with van der Waals surface area (Å²) >= 11 is 0. The smallest absolute Gasteiger partial charge is 0.270 e. The molecule has 3 nitrogen and oxygen atoms in total. The third-order valence-electron chi connectivity index (χ3n) is 3.11. The van der Waals surface area contributed by atoms with Crippen molar-refractivity contribution in [1.29, 1.82) is 0 Å². The lowest BCUT2D eigenvalue weighted by Crippen LogP contribution is -2.28. The van der Waals surface area contributed by atoms with Crippen LogP contribution in [0.5, 0.6) is 0 Å². The highest BCUT2D eigenvalue weighted by atomic mass is 16.2. The Morgan fingerprint density at radius 3 is 2.55 bits per heavy atom. The second-order valence-electron chi connectivity index (χ2n) is 4.83. The van der Waals surface area contributed by atoms with Gasteiger partial charge in [0.25, 0.3) is 5.91 Å². The molecule has 1 aromatic carbocycles. The van der Waals surface area contributed by atoms with Crippen LogP contribution in [0.1, 0.15) is 21.6 Å². The van der Waals surface area contributed by atoms with E-state index in [2.05, 4.69) is 11.8 Å². The molecule has 0 unspecified atom stereocenters. The Kier molecular flexibility index (Phi) is 4.27. The molecule has 1 amide bonds. The van der Waals surface area contributed by atoms with Crippen LogP contribution in [0.3, 0.4) is 0 Å². The quantitative estimate of drug-likeness (QED) is 0.767. The summed E-state index contributed by atoms with van der Waals surface area (Å²) < 4.78 is 1.81. The van der Waals surface area contributed by atoms with Crippen molar-refractivity contribution in [2.45, 2.75) is 6.92 Å². The van der Waals surface area contributed by atoms with Crippen LogP contribution in [-0.4, -0.2) is 29.0 Å². The van der Waals surface area contributed by atoms with Crippen molar-refractivity contribution in [3.8, 4) is 11.8 Å². The van der Waals surface area contributed by atoms with Gasteiger partial charge in [0.1, 0.15) is 5.69 Å². The van der Waals surface area contributed by atoms with Crippen molar-refractivity contribution in [3.05, 3.63) is 59.4 Å². The van der Waals surface area contributed by atoms with E-state index < -0.39 is 0 Å². The molecular formula is C17H18N2O. The van der Waals surface area contributed by atoms with Crippen LogP contribution < -0.4 is 0 Å². The second kappa shape index (κ2) is 6.12. The van der Waals surface area contributed by atoms with E-state index in [1.54, 1.807) is 11.9 Å².